The average Bonchev–Trinajstić information content (AvgIpc) is 2.47. The van der Waals surface area contributed by atoms with E-state index < -0.39 is 0 Å². The van der Waals surface area contributed by atoms with E-state index in [4.69, 9.17) is 16.3 Å². The van der Waals surface area contributed by atoms with Gasteiger partial charge in [-0.15, -0.1) is 0 Å². The van der Waals surface area contributed by atoms with Crippen molar-refractivity contribution in [2.24, 2.45) is 0 Å². The Labute approximate surface area is 143 Å². The molecule has 2 aromatic carbocycles. The van der Waals surface area contributed by atoms with Crippen molar-refractivity contribution in [2.45, 2.75) is 19.8 Å². The molecule has 1 amide bonds. The number of rotatable bonds is 6. The van der Waals surface area contributed by atoms with Crippen LogP contribution >= 0.6 is 27.5 Å². The van der Waals surface area contributed by atoms with Crippen LogP contribution in [-0.2, 0) is 11.2 Å². The lowest BCUT2D eigenvalue weighted by Crippen LogP contribution is -2.20. The molecule has 0 saturated heterocycles. The maximum Gasteiger partial charge on any atom is 0.262 e. The molecule has 0 bridgehead atoms. The van der Waals surface area contributed by atoms with Crippen LogP contribution in [0.1, 0.15) is 18.9 Å². The quantitative estimate of drug-likeness (QED) is 0.757. The van der Waals surface area contributed by atoms with Crippen molar-refractivity contribution in [3.63, 3.8) is 0 Å². The van der Waals surface area contributed by atoms with Gasteiger partial charge in [0.15, 0.2) is 6.61 Å². The SMILES string of the molecule is CCCc1ccc(OCC(=O)Nc2cccc(Cl)c2)c(Br)c1. The minimum absolute atomic E-state index is 0.0573. The summed E-state index contributed by atoms with van der Waals surface area (Å²) >= 11 is 9.34. The van der Waals surface area contributed by atoms with Gasteiger partial charge in [-0.1, -0.05) is 37.1 Å². The third-order valence-corrected chi connectivity index (χ3v) is 3.86. The van der Waals surface area contributed by atoms with Gasteiger partial charge in [0, 0.05) is 10.7 Å². The highest BCUT2D eigenvalue weighted by molar-refractivity contribution is 9.10. The molecule has 5 heteroatoms. The van der Waals surface area contributed by atoms with E-state index in [1.807, 2.05) is 18.2 Å². The van der Waals surface area contributed by atoms with Gasteiger partial charge in [-0.25, -0.2) is 0 Å². The Morgan fingerprint density at radius 2 is 2.09 bits per heavy atom. The van der Waals surface area contributed by atoms with Crippen LogP contribution in [-0.4, -0.2) is 12.5 Å². The summed E-state index contributed by atoms with van der Waals surface area (Å²) in [5, 5.41) is 3.32. The Kier molecular flexibility index (Phi) is 6.28. The van der Waals surface area contributed by atoms with Crippen LogP contribution in [0, 0.1) is 0 Å². The van der Waals surface area contributed by atoms with Crippen LogP contribution in [0.5, 0.6) is 5.75 Å². The average molecular weight is 383 g/mol. The number of aryl methyl sites for hydroxylation is 1. The van der Waals surface area contributed by atoms with E-state index in [0.717, 1.165) is 17.3 Å². The number of hydrogen-bond donors (Lipinski definition) is 1. The van der Waals surface area contributed by atoms with Crippen LogP contribution in [0.25, 0.3) is 0 Å². The number of anilines is 1. The van der Waals surface area contributed by atoms with Crippen molar-refractivity contribution in [3.8, 4) is 5.75 Å². The fourth-order valence-corrected chi connectivity index (χ4v) is 2.74. The number of amides is 1. The monoisotopic (exact) mass is 381 g/mol. The zero-order chi connectivity index (χ0) is 15.9. The molecule has 0 unspecified atom stereocenters. The van der Waals surface area contributed by atoms with Gasteiger partial charge in [0.2, 0.25) is 0 Å². The molecule has 116 valence electrons. The Bertz CT molecular complexity index is 661. The lowest BCUT2D eigenvalue weighted by molar-refractivity contribution is -0.118. The van der Waals surface area contributed by atoms with Gasteiger partial charge < -0.3 is 10.1 Å². The summed E-state index contributed by atoms with van der Waals surface area (Å²) in [7, 11) is 0. The molecular weight excluding hydrogens is 366 g/mol. The molecule has 0 spiro atoms. The van der Waals surface area contributed by atoms with Crippen LogP contribution in [0.15, 0.2) is 46.9 Å². The van der Waals surface area contributed by atoms with Gasteiger partial charge in [0.1, 0.15) is 5.75 Å². The highest BCUT2D eigenvalue weighted by atomic mass is 79.9. The molecule has 0 aliphatic rings. The molecule has 0 aromatic heterocycles. The number of ether oxygens (including phenoxy) is 1. The van der Waals surface area contributed by atoms with E-state index in [2.05, 4.69) is 28.2 Å². The minimum atomic E-state index is -0.230. The fraction of sp³-hybridized carbons (Fsp3) is 0.235. The van der Waals surface area contributed by atoms with Crippen molar-refractivity contribution in [2.75, 3.05) is 11.9 Å². The maximum absolute atomic E-state index is 11.9. The van der Waals surface area contributed by atoms with Crippen LogP contribution < -0.4 is 10.1 Å². The van der Waals surface area contributed by atoms with Gasteiger partial charge in [-0.2, -0.15) is 0 Å². The topological polar surface area (TPSA) is 38.3 Å². The predicted octanol–water partition coefficient (Wildman–Crippen LogP) is 5.07. The Hall–Kier alpha value is -1.52. The summed E-state index contributed by atoms with van der Waals surface area (Å²) in [5.74, 6) is 0.424. The minimum Gasteiger partial charge on any atom is -0.483 e. The lowest BCUT2D eigenvalue weighted by atomic mass is 10.1. The highest BCUT2D eigenvalue weighted by Crippen LogP contribution is 2.26. The zero-order valence-corrected chi connectivity index (χ0v) is 14.6. The molecule has 0 aliphatic heterocycles. The van der Waals surface area contributed by atoms with Crippen molar-refractivity contribution in [1.29, 1.82) is 0 Å². The van der Waals surface area contributed by atoms with E-state index in [1.54, 1.807) is 24.3 Å². The summed E-state index contributed by atoms with van der Waals surface area (Å²) in [6, 6.07) is 12.9. The summed E-state index contributed by atoms with van der Waals surface area (Å²) in [6.07, 6.45) is 2.11. The molecule has 0 aliphatic carbocycles. The Morgan fingerprint density at radius 3 is 2.77 bits per heavy atom. The van der Waals surface area contributed by atoms with E-state index in [1.165, 1.54) is 5.56 Å². The summed E-state index contributed by atoms with van der Waals surface area (Å²) in [5.41, 5.74) is 1.89. The van der Waals surface area contributed by atoms with Gasteiger partial charge in [0.05, 0.1) is 4.47 Å². The third kappa shape index (κ3) is 5.04. The number of hydrogen-bond acceptors (Lipinski definition) is 2. The second kappa shape index (κ2) is 8.20. The lowest BCUT2D eigenvalue weighted by Gasteiger charge is -2.10. The molecule has 0 saturated carbocycles. The van der Waals surface area contributed by atoms with Crippen molar-refractivity contribution in [1.82, 2.24) is 0 Å². The molecule has 2 rings (SSSR count). The van der Waals surface area contributed by atoms with E-state index in [-0.39, 0.29) is 12.5 Å². The van der Waals surface area contributed by atoms with Gasteiger partial charge in [-0.3, -0.25) is 4.79 Å². The molecule has 0 radical (unpaired) electrons. The first-order valence-corrected chi connectivity index (χ1v) is 8.22. The number of benzene rings is 2. The number of carbonyl (C=O) groups is 1. The highest BCUT2D eigenvalue weighted by Gasteiger charge is 2.07. The van der Waals surface area contributed by atoms with Gasteiger partial charge in [0.25, 0.3) is 5.91 Å². The second-order valence-electron chi connectivity index (χ2n) is 4.86. The molecule has 3 nitrogen and oxygen atoms in total. The predicted molar refractivity (Wildman–Crippen MR) is 93.7 cm³/mol. The molecule has 0 atom stereocenters. The third-order valence-electron chi connectivity index (χ3n) is 3.00. The standard InChI is InChI=1S/C17H17BrClNO2/c1-2-4-12-7-8-16(15(18)9-12)22-11-17(21)20-14-6-3-5-13(19)10-14/h3,5-10H,2,4,11H2,1H3,(H,20,21). The van der Waals surface area contributed by atoms with E-state index in [9.17, 15) is 4.79 Å². The Balaban J connectivity index is 1.91. The first kappa shape index (κ1) is 16.8. The van der Waals surface area contributed by atoms with Crippen LogP contribution in [0.2, 0.25) is 5.02 Å². The summed E-state index contributed by atoms with van der Waals surface area (Å²) < 4.78 is 6.40. The van der Waals surface area contributed by atoms with Crippen molar-refractivity contribution >= 4 is 39.1 Å². The van der Waals surface area contributed by atoms with E-state index in [0.29, 0.717) is 16.5 Å². The first-order chi connectivity index (χ1) is 10.6. The summed E-state index contributed by atoms with van der Waals surface area (Å²) in [6.45, 7) is 2.08. The molecule has 2 aromatic rings. The van der Waals surface area contributed by atoms with Crippen molar-refractivity contribution < 1.29 is 9.53 Å². The van der Waals surface area contributed by atoms with Gasteiger partial charge >= 0.3 is 0 Å². The molecule has 22 heavy (non-hydrogen) atoms. The van der Waals surface area contributed by atoms with Crippen molar-refractivity contribution in [3.05, 3.63) is 57.5 Å². The Morgan fingerprint density at radius 1 is 1.27 bits per heavy atom. The maximum atomic E-state index is 11.9. The number of carbonyl (C=O) groups excluding carboxylic acids is 1. The second-order valence-corrected chi connectivity index (χ2v) is 6.15. The molecule has 0 fully saturated rings. The van der Waals surface area contributed by atoms with Crippen LogP contribution in [0.4, 0.5) is 5.69 Å². The normalized spacial score (nSPS) is 10.3. The zero-order valence-electron chi connectivity index (χ0n) is 12.2. The largest absolute Gasteiger partial charge is 0.483 e. The molecule has 0 heterocycles. The van der Waals surface area contributed by atoms with E-state index >= 15 is 0 Å². The summed E-state index contributed by atoms with van der Waals surface area (Å²) in [4.78, 5) is 11.9. The molecular formula is C17H17BrClNO2. The van der Waals surface area contributed by atoms with Crippen LogP contribution in [0.3, 0.4) is 0 Å². The smallest absolute Gasteiger partial charge is 0.262 e. The fourth-order valence-electron chi connectivity index (χ4n) is 2.01. The number of halogens is 2. The molecule has 1 N–H and O–H groups in total. The van der Waals surface area contributed by atoms with Gasteiger partial charge in [-0.05, 0) is 58.2 Å². The first-order valence-electron chi connectivity index (χ1n) is 7.05. The number of nitrogens with one attached hydrogen (secondary N) is 1.